The number of piperazine rings is 1. The molecule has 2 aromatic carbocycles. The fraction of sp³-hybridized carbons (Fsp3) is 0.452. The summed E-state index contributed by atoms with van der Waals surface area (Å²) in [6.45, 7) is 15.2. The van der Waals surface area contributed by atoms with Crippen LogP contribution in [-0.4, -0.2) is 54.1 Å². The predicted octanol–water partition coefficient (Wildman–Crippen LogP) is 6.17. The van der Waals surface area contributed by atoms with Crippen molar-refractivity contribution in [2.45, 2.75) is 52.5 Å². The number of thiazole rings is 1. The number of rotatable bonds is 8. The number of anilines is 1. The molecule has 1 fully saturated rings. The van der Waals surface area contributed by atoms with E-state index in [-0.39, 0.29) is 23.9 Å². The molecule has 0 aliphatic carbocycles. The van der Waals surface area contributed by atoms with E-state index in [1.807, 2.05) is 18.2 Å². The van der Waals surface area contributed by atoms with Gasteiger partial charge in [-0.05, 0) is 55.9 Å². The van der Waals surface area contributed by atoms with E-state index in [1.165, 1.54) is 0 Å². The van der Waals surface area contributed by atoms with Gasteiger partial charge in [0, 0.05) is 42.7 Å². The lowest BCUT2D eigenvalue weighted by atomic mass is 9.87. The Morgan fingerprint density at radius 2 is 1.71 bits per heavy atom. The molecule has 0 bridgehead atoms. The molecule has 1 atom stereocenters. The second-order valence-electron chi connectivity index (χ2n) is 11.4. The van der Waals surface area contributed by atoms with Crippen LogP contribution in [0.25, 0.3) is 22.4 Å². The standard InChI is InChI=1S/C31H39N5OS/c1-22(2)18-27(29(37)33-13-12-32)25-10-6-8-23(19-25)24-9-7-11-26(20-24)28-21-38-30(34-28)35-14-16-36(17-15-35)31(3,4)5/h6-11,19-22,27H,13-18H2,1-5H3,(H,33,37). The number of carbonyl (C=O) groups excluding carboxylic acids is 1. The summed E-state index contributed by atoms with van der Waals surface area (Å²) < 4.78 is 0. The fourth-order valence-electron chi connectivity index (χ4n) is 5.02. The lowest BCUT2D eigenvalue weighted by molar-refractivity contribution is -0.122. The molecule has 0 radical (unpaired) electrons. The highest BCUT2D eigenvalue weighted by atomic mass is 32.1. The smallest absolute Gasteiger partial charge is 0.228 e. The van der Waals surface area contributed by atoms with Crippen LogP contribution >= 0.6 is 11.3 Å². The molecule has 2 heterocycles. The highest BCUT2D eigenvalue weighted by molar-refractivity contribution is 7.14. The number of benzene rings is 2. The van der Waals surface area contributed by atoms with Gasteiger partial charge in [0.2, 0.25) is 5.91 Å². The lowest BCUT2D eigenvalue weighted by Crippen LogP contribution is -2.53. The first kappa shape index (κ1) is 27.8. The second kappa shape index (κ2) is 12.1. The molecule has 3 aromatic rings. The van der Waals surface area contributed by atoms with Crippen molar-refractivity contribution in [1.29, 1.82) is 5.26 Å². The Balaban J connectivity index is 1.53. The maximum absolute atomic E-state index is 12.8. The molecular formula is C31H39N5OS. The van der Waals surface area contributed by atoms with Crippen LogP contribution in [0.4, 0.5) is 5.13 Å². The van der Waals surface area contributed by atoms with Gasteiger partial charge in [-0.25, -0.2) is 4.98 Å². The normalized spacial score (nSPS) is 15.3. The lowest BCUT2D eigenvalue weighted by Gasteiger charge is -2.42. The van der Waals surface area contributed by atoms with E-state index in [2.05, 4.69) is 91.5 Å². The molecule has 1 saturated heterocycles. The van der Waals surface area contributed by atoms with Crippen molar-refractivity contribution in [2.75, 3.05) is 37.6 Å². The van der Waals surface area contributed by atoms with Gasteiger partial charge in [-0.15, -0.1) is 11.3 Å². The van der Waals surface area contributed by atoms with Gasteiger partial charge >= 0.3 is 0 Å². The maximum atomic E-state index is 12.8. The van der Waals surface area contributed by atoms with Crippen LogP contribution in [0.15, 0.2) is 53.9 Å². The number of aromatic nitrogens is 1. The molecular weight excluding hydrogens is 490 g/mol. The molecule has 0 saturated carbocycles. The zero-order chi connectivity index (χ0) is 27.3. The average molecular weight is 530 g/mol. The van der Waals surface area contributed by atoms with Crippen LogP contribution in [0.1, 0.15) is 52.5 Å². The zero-order valence-electron chi connectivity index (χ0n) is 23.2. The molecule has 200 valence electrons. The van der Waals surface area contributed by atoms with Crippen molar-refractivity contribution >= 4 is 22.4 Å². The SMILES string of the molecule is CC(C)CC(C(=O)NCC#N)c1cccc(-c2cccc(-c3csc(N4CCN(C(C)(C)C)CC4)n3)c2)c1. The number of carbonyl (C=O) groups is 1. The molecule has 1 unspecified atom stereocenters. The first-order valence-corrected chi connectivity index (χ1v) is 14.3. The molecule has 7 heteroatoms. The fourth-order valence-corrected chi connectivity index (χ4v) is 5.91. The van der Waals surface area contributed by atoms with Crippen molar-refractivity contribution < 1.29 is 4.79 Å². The topological polar surface area (TPSA) is 72.3 Å². The van der Waals surface area contributed by atoms with Crippen LogP contribution in [-0.2, 0) is 4.79 Å². The minimum atomic E-state index is -0.286. The van der Waals surface area contributed by atoms with E-state index in [0.717, 1.165) is 65.7 Å². The third-order valence-electron chi connectivity index (χ3n) is 7.14. The van der Waals surface area contributed by atoms with Gasteiger partial charge in [-0.1, -0.05) is 56.3 Å². The maximum Gasteiger partial charge on any atom is 0.228 e. The van der Waals surface area contributed by atoms with Gasteiger partial charge < -0.3 is 10.2 Å². The first-order valence-electron chi connectivity index (χ1n) is 13.5. The summed E-state index contributed by atoms with van der Waals surface area (Å²) in [6.07, 6.45) is 0.729. The van der Waals surface area contributed by atoms with Crippen LogP contribution in [0, 0.1) is 17.2 Å². The summed E-state index contributed by atoms with van der Waals surface area (Å²) in [7, 11) is 0. The summed E-state index contributed by atoms with van der Waals surface area (Å²) in [5.41, 5.74) is 5.43. The highest BCUT2D eigenvalue weighted by Gasteiger charge is 2.27. The Bertz CT molecular complexity index is 1280. The minimum absolute atomic E-state index is 0.0249. The number of amides is 1. The van der Waals surface area contributed by atoms with Crippen molar-refractivity contribution in [3.63, 3.8) is 0 Å². The number of nitrogens with zero attached hydrogens (tertiary/aromatic N) is 4. The third-order valence-corrected chi connectivity index (χ3v) is 8.04. The number of nitriles is 1. The van der Waals surface area contributed by atoms with E-state index in [0.29, 0.717) is 5.92 Å². The van der Waals surface area contributed by atoms with Gasteiger partial charge in [0.1, 0.15) is 6.54 Å². The van der Waals surface area contributed by atoms with Crippen LogP contribution in [0.3, 0.4) is 0 Å². The van der Waals surface area contributed by atoms with Gasteiger partial charge in [0.05, 0.1) is 17.7 Å². The van der Waals surface area contributed by atoms with E-state index < -0.39 is 0 Å². The summed E-state index contributed by atoms with van der Waals surface area (Å²) >= 11 is 1.71. The van der Waals surface area contributed by atoms with Gasteiger partial charge in [0.15, 0.2) is 5.13 Å². The molecule has 1 aliphatic rings. The van der Waals surface area contributed by atoms with E-state index in [4.69, 9.17) is 10.2 Å². The zero-order valence-corrected chi connectivity index (χ0v) is 24.0. The van der Waals surface area contributed by atoms with Crippen LogP contribution in [0.2, 0.25) is 0 Å². The third kappa shape index (κ3) is 6.80. The molecule has 1 N–H and O–H groups in total. The molecule has 1 amide bonds. The summed E-state index contributed by atoms with van der Waals surface area (Å²) in [6, 6.07) is 18.7. The molecule has 38 heavy (non-hydrogen) atoms. The Kier molecular flexibility index (Phi) is 8.86. The Labute approximate surface area is 231 Å². The van der Waals surface area contributed by atoms with Gasteiger partial charge in [-0.3, -0.25) is 9.69 Å². The second-order valence-corrected chi connectivity index (χ2v) is 12.3. The van der Waals surface area contributed by atoms with E-state index >= 15 is 0 Å². The Morgan fingerprint density at radius 3 is 2.37 bits per heavy atom. The summed E-state index contributed by atoms with van der Waals surface area (Å²) in [5, 5.41) is 14.9. The molecule has 0 spiro atoms. The van der Waals surface area contributed by atoms with Crippen LogP contribution in [0.5, 0.6) is 0 Å². The van der Waals surface area contributed by atoms with Crippen molar-refractivity contribution in [3.8, 4) is 28.5 Å². The Morgan fingerprint density at radius 1 is 1.05 bits per heavy atom. The quantitative estimate of drug-likeness (QED) is 0.354. The minimum Gasteiger partial charge on any atom is -0.346 e. The molecule has 1 aliphatic heterocycles. The van der Waals surface area contributed by atoms with Crippen molar-refractivity contribution in [3.05, 3.63) is 59.5 Å². The highest BCUT2D eigenvalue weighted by Crippen LogP contribution is 2.33. The summed E-state index contributed by atoms with van der Waals surface area (Å²) in [4.78, 5) is 22.8. The number of hydrogen-bond donors (Lipinski definition) is 1. The van der Waals surface area contributed by atoms with Gasteiger partial charge in [0.25, 0.3) is 0 Å². The largest absolute Gasteiger partial charge is 0.346 e. The van der Waals surface area contributed by atoms with E-state index in [1.54, 1.807) is 11.3 Å². The number of hydrogen-bond acceptors (Lipinski definition) is 6. The van der Waals surface area contributed by atoms with E-state index in [9.17, 15) is 4.79 Å². The average Bonchev–Trinajstić information content (AvgIpc) is 3.40. The summed E-state index contributed by atoms with van der Waals surface area (Å²) in [5.74, 6) is -0.0223. The van der Waals surface area contributed by atoms with Crippen LogP contribution < -0.4 is 10.2 Å². The van der Waals surface area contributed by atoms with Gasteiger partial charge in [-0.2, -0.15) is 5.26 Å². The van der Waals surface area contributed by atoms with Crippen molar-refractivity contribution in [2.24, 2.45) is 5.92 Å². The Hall–Kier alpha value is -3.21. The molecule has 6 nitrogen and oxygen atoms in total. The molecule has 4 rings (SSSR count). The predicted molar refractivity (Wildman–Crippen MR) is 157 cm³/mol. The monoisotopic (exact) mass is 529 g/mol. The first-order chi connectivity index (χ1) is 18.2. The molecule has 1 aromatic heterocycles. The van der Waals surface area contributed by atoms with Crippen molar-refractivity contribution in [1.82, 2.24) is 15.2 Å². The number of nitrogens with one attached hydrogen (secondary N) is 1.